The summed E-state index contributed by atoms with van der Waals surface area (Å²) < 4.78 is 68.1. The number of aliphatic hydroxyl groups is 1. The van der Waals surface area contributed by atoms with Crippen molar-refractivity contribution in [1.29, 1.82) is 0 Å². The number of halogens is 5. The van der Waals surface area contributed by atoms with E-state index in [1.807, 2.05) is 0 Å². The Morgan fingerprint density at radius 2 is 1.70 bits per heavy atom. The second-order valence-electron chi connectivity index (χ2n) is 10.3. The molecule has 0 aromatic heterocycles. The van der Waals surface area contributed by atoms with E-state index in [4.69, 9.17) is 0 Å². The molecule has 3 atom stereocenters. The van der Waals surface area contributed by atoms with Gasteiger partial charge in [0.05, 0.1) is 18.0 Å². The van der Waals surface area contributed by atoms with Crippen molar-refractivity contribution in [3.63, 3.8) is 0 Å². The van der Waals surface area contributed by atoms with Crippen LogP contribution in [0.15, 0.2) is 48.5 Å². The number of benzene rings is 2. The lowest BCUT2D eigenvalue weighted by Crippen LogP contribution is -2.58. The number of rotatable bonds is 8. The lowest BCUT2D eigenvalue weighted by Gasteiger charge is -2.34. The van der Waals surface area contributed by atoms with Gasteiger partial charge in [0.1, 0.15) is 18.3 Å². The zero-order valence-electron chi connectivity index (χ0n) is 21.9. The Morgan fingerprint density at radius 3 is 2.30 bits per heavy atom. The first-order valence-corrected chi connectivity index (χ1v) is 12.3. The summed E-state index contributed by atoms with van der Waals surface area (Å²) in [5.74, 6) is -7.49. The Kier molecular flexibility index (Phi) is 8.77. The topological polar surface area (TPSA) is 119 Å². The number of aliphatic hydroxyl groups excluding tert-OH is 1. The Morgan fingerprint density at radius 1 is 1.07 bits per heavy atom. The Labute approximate surface area is 227 Å². The Hall–Kier alpha value is -3.74. The number of carbonyl (C=O) groups is 3. The van der Waals surface area contributed by atoms with E-state index in [9.17, 15) is 46.5 Å². The van der Waals surface area contributed by atoms with Crippen LogP contribution in [-0.4, -0.2) is 76.2 Å². The summed E-state index contributed by atoms with van der Waals surface area (Å²) in [6.07, 6.45) is -7.13. The van der Waals surface area contributed by atoms with Gasteiger partial charge in [-0.15, -0.1) is 0 Å². The molecule has 0 aliphatic carbocycles. The summed E-state index contributed by atoms with van der Waals surface area (Å²) in [5, 5.41) is 25.1. The molecule has 13 heteroatoms. The van der Waals surface area contributed by atoms with Crippen molar-refractivity contribution in [3.05, 3.63) is 65.2 Å². The number of hydrogen-bond acceptors (Lipinski definition) is 5. The maximum absolute atomic E-state index is 15.0. The summed E-state index contributed by atoms with van der Waals surface area (Å²) in [6.45, 7) is 0.218. The number of amides is 3. The van der Waals surface area contributed by atoms with Crippen molar-refractivity contribution in [2.24, 2.45) is 5.41 Å². The summed E-state index contributed by atoms with van der Waals surface area (Å²) in [4.78, 5) is 39.6. The van der Waals surface area contributed by atoms with Gasteiger partial charge in [0.15, 0.2) is 6.10 Å². The predicted molar refractivity (Wildman–Crippen MR) is 134 cm³/mol. The third-order valence-corrected chi connectivity index (χ3v) is 7.10. The van der Waals surface area contributed by atoms with Crippen LogP contribution in [-0.2, 0) is 16.0 Å². The molecule has 8 nitrogen and oxygen atoms in total. The summed E-state index contributed by atoms with van der Waals surface area (Å²) in [7, 11) is 0. The molecular weight excluding hydrogens is 541 g/mol. The van der Waals surface area contributed by atoms with Crippen molar-refractivity contribution in [2.75, 3.05) is 13.1 Å². The van der Waals surface area contributed by atoms with Crippen LogP contribution < -0.4 is 10.6 Å². The molecule has 218 valence electrons. The quantitative estimate of drug-likeness (QED) is 0.364. The summed E-state index contributed by atoms with van der Waals surface area (Å²) in [5.41, 5.74) is -1.49. The van der Waals surface area contributed by atoms with E-state index in [0.717, 1.165) is 13.8 Å². The standard InChI is InChI=1S/C27H30F5N3O5/c1-15-17(10-7-11-19(15)36)22(38)34-18(12-16-8-5-4-6-9-16)20(37)24(40)35-14-26(28,29)25(2,3)21(35)23(39)33-13-27(30,31)32/h4-11,18,20-21,36-37H,12-14H2,1-3H3,(H,33,39)(H,34,38). The van der Waals surface area contributed by atoms with Gasteiger partial charge in [-0.3, -0.25) is 14.4 Å². The highest BCUT2D eigenvalue weighted by atomic mass is 19.4. The Bertz CT molecular complexity index is 1250. The zero-order chi connectivity index (χ0) is 30.0. The maximum Gasteiger partial charge on any atom is 0.405 e. The van der Waals surface area contributed by atoms with E-state index in [0.29, 0.717) is 10.5 Å². The molecule has 1 heterocycles. The van der Waals surface area contributed by atoms with Crippen molar-refractivity contribution in [3.8, 4) is 5.75 Å². The number of nitrogens with zero attached hydrogens (tertiary/aromatic N) is 1. The predicted octanol–water partition coefficient (Wildman–Crippen LogP) is 2.95. The molecule has 3 rings (SSSR count). The highest BCUT2D eigenvalue weighted by Crippen LogP contribution is 2.48. The summed E-state index contributed by atoms with van der Waals surface area (Å²) in [6, 6.07) is 8.99. The van der Waals surface area contributed by atoms with Gasteiger partial charge in [0, 0.05) is 11.1 Å². The highest BCUT2D eigenvalue weighted by molar-refractivity contribution is 5.97. The fourth-order valence-electron chi connectivity index (χ4n) is 4.62. The molecular formula is C27H30F5N3O5. The van der Waals surface area contributed by atoms with Gasteiger partial charge in [0.25, 0.3) is 17.7 Å². The first kappa shape index (κ1) is 30.8. The van der Waals surface area contributed by atoms with Gasteiger partial charge >= 0.3 is 6.18 Å². The molecule has 0 spiro atoms. The lowest BCUT2D eigenvalue weighted by atomic mass is 9.81. The number of carbonyl (C=O) groups excluding carboxylic acids is 3. The molecule has 1 fully saturated rings. The molecule has 2 aromatic rings. The molecule has 3 amide bonds. The zero-order valence-corrected chi connectivity index (χ0v) is 21.9. The third kappa shape index (κ3) is 6.52. The van der Waals surface area contributed by atoms with E-state index in [-0.39, 0.29) is 23.3 Å². The van der Waals surface area contributed by atoms with Gasteiger partial charge < -0.3 is 25.7 Å². The van der Waals surface area contributed by atoms with Gasteiger partial charge in [0.2, 0.25) is 5.91 Å². The van der Waals surface area contributed by atoms with Crippen molar-refractivity contribution >= 4 is 17.7 Å². The second-order valence-corrected chi connectivity index (χ2v) is 10.3. The van der Waals surface area contributed by atoms with Crippen molar-refractivity contribution < 1.29 is 46.5 Å². The van der Waals surface area contributed by atoms with Crippen LogP contribution in [0.4, 0.5) is 22.0 Å². The smallest absolute Gasteiger partial charge is 0.405 e. The van der Waals surface area contributed by atoms with E-state index >= 15 is 0 Å². The number of alkyl halides is 5. The number of phenols is 1. The molecule has 0 saturated carbocycles. The maximum atomic E-state index is 15.0. The van der Waals surface area contributed by atoms with Crippen LogP contribution in [0, 0.1) is 12.3 Å². The third-order valence-electron chi connectivity index (χ3n) is 7.10. The molecule has 1 saturated heterocycles. The van der Waals surface area contributed by atoms with Gasteiger partial charge in [-0.1, -0.05) is 50.2 Å². The van der Waals surface area contributed by atoms with E-state index < -0.39 is 66.5 Å². The van der Waals surface area contributed by atoms with Crippen LogP contribution in [0.2, 0.25) is 0 Å². The molecule has 0 radical (unpaired) electrons. The van der Waals surface area contributed by atoms with Crippen LogP contribution in [0.3, 0.4) is 0 Å². The normalized spacial score (nSPS) is 19.5. The van der Waals surface area contributed by atoms with Gasteiger partial charge in [-0.2, -0.15) is 13.2 Å². The molecule has 1 aliphatic rings. The summed E-state index contributed by atoms with van der Waals surface area (Å²) >= 11 is 0. The fraction of sp³-hybridized carbons (Fsp3) is 0.444. The van der Waals surface area contributed by atoms with E-state index in [2.05, 4.69) is 5.32 Å². The molecule has 3 unspecified atom stereocenters. The minimum absolute atomic E-state index is 0.0240. The van der Waals surface area contributed by atoms with Crippen LogP contribution >= 0.6 is 0 Å². The molecule has 4 N–H and O–H groups in total. The number of aromatic hydroxyl groups is 1. The SMILES string of the molecule is Cc1c(O)cccc1C(=O)NC(Cc1ccccc1)C(O)C(=O)N1CC(F)(F)C(C)(C)C1C(=O)NCC(F)(F)F. The largest absolute Gasteiger partial charge is 0.508 e. The monoisotopic (exact) mass is 571 g/mol. The van der Waals surface area contributed by atoms with Crippen molar-refractivity contribution in [1.82, 2.24) is 15.5 Å². The van der Waals surface area contributed by atoms with Gasteiger partial charge in [-0.05, 0) is 31.0 Å². The number of nitrogens with one attached hydrogen (secondary N) is 2. The molecule has 40 heavy (non-hydrogen) atoms. The first-order valence-electron chi connectivity index (χ1n) is 12.3. The minimum atomic E-state index is -4.83. The lowest BCUT2D eigenvalue weighted by molar-refractivity contribution is -0.151. The molecule has 0 bridgehead atoms. The number of phenolic OH excluding ortho intramolecular Hbond substituents is 1. The van der Waals surface area contributed by atoms with E-state index in [1.54, 1.807) is 35.6 Å². The van der Waals surface area contributed by atoms with Crippen LogP contribution in [0.1, 0.15) is 35.3 Å². The average Bonchev–Trinajstić information content (AvgIpc) is 3.06. The highest BCUT2D eigenvalue weighted by Gasteiger charge is 2.64. The molecule has 1 aliphatic heterocycles. The second kappa shape index (κ2) is 11.4. The van der Waals surface area contributed by atoms with Crippen molar-refractivity contribution in [2.45, 2.75) is 57.5 Å². The Balaban J connectivity index is 1.94. The molecule has 2 aromatic carbocycles. The average molecular weight is 572 g/mol. The number of hydrogen-bond donors (Lipinski definition) is 4. The fourth-order valence-corrected chi connectivity index (χ4v) is 4.62. The minimum Gasteiger partial charge on any atom is -0.508 e. The first-order chi connectivity index (χ1) is 18.5. The van der Waals surface area contributed by atoms with Crippen LogP contribution in [0.25, 0.3) is 0 Å². The van der Waals surface area contributed by atoms with Gasteiger partial charge in [-0.25, -0.2) is 8.78 Å². The van der Waals surface area contributed by atoms with Crippen LogP contribution in [0.5, 0.6) is 5.75 Å². The number of likely N-dealkylation sites (tertiary alicyclic amines) is 1. The van der Waals surface area contributed by atoms with E-state index in [1.165, 1.54) is 25.1 Å².